The first-order chi connectivity index (χ1) is 10.1. The van der Waals surface area contributed by atoms with Crippen LogP contribution in [0.5, 0.6) is 0 Å². The highest BCUT2D eigenvalue weighted by Gasteiger charge is 2.36. The van der Waals surface area contributed by atoms with Gasteiger partial charge in [-0.3, -0.25) is 9.69 Å². The second-order valence-corrected chi connectivity index (χ2v) is 6.38. The van der Waals surface area contributed by atoms with Crippen LogP contribution in [0.1, 0.15) is 37.8 Å². The zero-order chi connectivity index (χ0) is 14.8. The normalized spacial score (nSPS) is 25.5. The molecule has 114 valence electrons. The van der Waals surface area contributed by atoms with E-state index in [0.717, 1.165) is 37.9 Å². The highest BCUT2D eigenvalue weighted by atomic mass is 16.3. The zero-order valence-corrected chi connectivity index (χ0v) is 12.5. The molecule has 3 atom stereocenters. The van der Waals surface area contributed by atoms with Gasteiger partial charge in [-0.05, 0) is 44.2 Å². The van der Waals surface area contributed by atoms with E-state index in [0.29, 0.717) is 6.04 Å². The number of nitrogens with zero attached hydrogens (tertiary/aromatic N) is 1. The van der Waals surface area contributed by atoms with Crippen molar-refractivity contribution in [2.45, 2.75) is 44.4 Å². The lowest BCUT2D eigenvalue weighted by Crippen LogP contribution is -2.40. The van der Waals surface area contributed by atoms with Crippen molar-refractivity contribution >= 4 is 5.91 Å². The van der Waals surface area contributed by atoms with Gasteiger partial charge < -0.3 is 10.4 Å². The minimum absolute atomic E-state index is 0.106. The Hall–Kier alpha value is -1.39. The van der Waals surface area contributed by atoms with Gasteiger partial charge in [-0.1, -0.05) is 30.3 Å². The van der Waals surface area contributed by atoms with Gasteiger partial charge in [0.1, 0.15) is 6.04 Å². The van der Waals surface area contributed by atoms with Crippen molar-refractivity contribution in [3.63, 3.8) is 0 Å². The predicted molar refractivity (Wildman–Crippen MR) is 81.7 cm³/mol. The Morgan fingerprint density at radius 1 is 1.29 bits per heavy atom. The Morgan fingerprint density at radius 2 is 2.00 bits per heavy atom. The van der Waals surface area contributed by atoms with E-state index < -0.39 is 0 Å². The number of rotatable bonds is 5. The average Bonchev–Trinajstić information content (AvgIpc) is 3.14. The summed E-state index contributed by atoms with van der Waals surface area (Å²) in [5.41, 5.74) is 1.04. The highest BCUT2D eigenvalue weighted by molar-refractivity contribution is 5.83. The molecule has 0 spiro atoms. The van der Waals surface area contributed by atoms with Crippen LogP contribution in [0.15, 0.2) is 30.3 Å². The van der Waals surface area contributed by atoms with Crippen LogP contribution in [0.2, 0.25) is 0 Å². The third-order valence-corrected chi connectivity index (χ3v) is 4.59. The molecule has 3 unspecified atom stereocenters. The van der Waals surface area contributed by atoms with Gasteiger partial charge >= 0.3 is 0 Å². The summed E-state index contributed by atoms with van der Waals surface area (Å²) in [7, 11) is 0. The fraction of sp³-hybridized carbons (Fsp3) is 0.588. The molecule has 0 aromatic heterocycles. The maximum absolute atomic E-state index is 12.6. The maximum atomic E-state index is 12.6. The van der Waals surface area contributed by atoms with Crippen LogP contribution in [-0.4, -0.2) is 41.1 Å². The molecule has 3 rings (SSSR count). The molecule has 0 bridgehead atoms. The van der Waals surface area contributed by atoms with E-state index in [2.05, 4.69) is 10.2 Å². The molecule has 1 saturated carbocycles. The van der Waals surface area contributed by atoms with E-state index in [-0.39, 0.29) is 24.0 Å². The number of hydrogen-bond acceptors (Lipinski definition) is 3. The quantitative estimate of drug-likeness (QED) is 0.867. The second kappa shape index (κ2) is 6.16. The van der Waals surface area contributed by atoms with E-state index in [4.69, 9.17) is 0 Å². The van der Waals surface area contributed by atoms with Gasteiger partial charge in [-0.25, -0.2) is 0 Å². The molecule has 1 aromatic carbocycles. The van der Waals surface area contributed by atoms with Crippen molar-refractivity contribution in [3.05, 3.63) is 35.9 Å². The second-order valence-electron chi connectivity index (χ2n) is 6.38. The first-order valence-electron chi connectivity index (χ1n) is 7.92. The number of benzene rings is 1. The summed E-state index contributed by atoms with van der Waals surface area (Å²) in [5.74, 6) is 0.375. The summed E-state index contributed by atoms with van der Waals surface area (Å²) in [4.78, 5) is 14.9. The van der Waals surface area contributed by atoms with Crippen LogP contribution in [0, 0.1) is 5.92 Å². The lowest BCUT2D eigenvalue weighted by Gasteiger charge is -2.27. The van der Waals surface area contributed by atoms with Gasteiger partial charge in [0, 0.05) is 12.6 Å². The smallest absolute Gasteiger partial charge is 0.242 e. The first-order valence-corrected chi connectivity index (χ1v) is 7.92. The van der Waals surface area contributed by atoms with Gasteiger partial charge in [-0.15, -0.1) is 0 Å². The van der Waals surface area contributed by atoms with Crippen molar-refractivity contribution in [2.24, 2.45) is 5.92 Å². The average molecular weight is 288 g/mol. The molecule has 4 heteroatoms. The molecule has 1 amide bonds. The summed E-state index contributed by atoms with van der Waals surface area (Å²) >= 11 is 0. The van der Waals surface area contributed by atoms with Crippen LogP contribution in [0.3, 0.4) is 0 Å². The number of likely N-dealkylation sites (tertiary alicyclic amines) is 1. The Kier molecular flexibility index (Phi) is 4.27. The van der Waals surface area contributed by atoms with Gasteiger partial charge in [0.05, 0.1) is 6.10 Å². The largest absolute Gasteiger partial charge is 0.393 e. The number of amides is 1. The zero-order valence-electron chi connectivity index (χ0n) is 12.5. The molecular formula is C17H24N2O2. The molecule has 0 radical (unpaired) electrons. The molecular weight excluding hydrogens is 264 g/mol. The summed E-state index contributed by atoms with van der Waals surface area (Å²) in [6.07, 6.45) is 2.85. The lowest BCUT2D eigenvalue weighted by molar-refractivity contribution is -0.126. The summed E-state index contributed by atoms with van der Waals surface area (Å²) in [6.45, 7) is 3.50. The predicted octanol–water partition coefficient (Wildman–Crippen LogP) is 1.71. The summed E-state index contributed by atoms with van der Waals surface area (Å²) in [6, 6.07) is 10.1. The Bertz CT molecular complexity index is 485. The third-order valence-electron chi connectivity index (χ3n) is 4.59. The fourth-order valence-electron chi connectivity index (χ4n) is 3.11. The van der Waals surface area contributed by atoms with E-state index >= 15 is 0 Å². The number of carbonyl (C=O) groups excluding carboxylic acids is 1. The molecule has 1 aliphatic heterocycles. The van der Waals surface area contributed by atoms with E-state index in [1.54, 1.807) is 0 Å². The molecule has 2 fully saturated rings. The number of carbonyl (C=O) groups is 1. The standard InChI is InChI=1S/C17H24N2O2/c1-12(20)14-9-10-19(11-14)16(13-5-3-2-4-6-13)17(21)18-15-7-8-15/h2-6,12,14-16,20H,7-11H2,1H3,(H,18,21). The van der Waals surface area contributed by atoms with E-state index in [9.17, 15) is 9.90 Å². The van der Waals surface area contributed by atoms with Gasteiger partial charge in [0.25, 0.3) is 0 Å². The van der Waals surface area contributed by atoms with Crippen molar-refractivity contribution in [2.75, 3.05) is 13.1 Å². The third kappa shape index (κ3) is 3.44. The summed E-state index contributed by atoms with van der Waals surface area (Å²) < 4.78 is 0. The lowest BCUT2D eigenvalue weighted by atomic mass is 10.0. The molecule has 1 heterocycles. The first kappa shape index (κ1) is 14.5. The van der Waals surface area contributed by atoms with Gasteiger partial charge in [0.15, 0.2) is 0 Å². The molecule has 1 saturated heterocycles. The van der Waals surface area contributed by atoms with Crippen LogP contribution in [-0.2, 0) is 4.79 Å². The van der Waals surface area contributed by atoms with Crippen LogP contribution >= 0.6 is 0 Å². The highest BCUT2D eigenvalue weighted by Crippen LogP contribution is 2.30. The van der Waals surface area contributed by atoms with Crippen molar-refractivity contribution in [1.82, 2.24) is 10.2 Å². The number of aliphatic hydroxyl groups is 1. The molecule has 2 N–H and O–H groups in total. The number of nitrogens with one attached hydrogen (secondary N) is 1. The van der Waals surface area contributed by atoms with E-state index in [1.165, 1.54) is 0 Å². The molecule has 1 aliphatic carbocycles. The number of hydrogen-bond donors (Lipinski definition) is 2. The maximum Gasteiger partial charge on any atom is 0.242 e. The van der Waals surface area contributed by atoms with Crippen molar-refractivity contribution < 1.29 is 9.90 Å². The SMILES string of the molecule is CC(O)C1CCN(C(C(=O)NC2CC2)c2ccccc2)C1. The Morgan fingerprint density at radius 3 is 2.57 bits per heavy atom. The topological polar surface area (TPSA) is 52.6 Å². The molecule has 21 heavy (non-hydrogen) atoms. The molecule has 1 aromatic rings. The number of aliphatic hydroxyl groups excluding tert-OH is 1. The van der Waals surface area contributed by atoms with Crippen molar-refractivity contribution in [3.8, 4) is 0 Å². The van der Waals surface area contributed by atoms with E-state index in [1.807, 2.05) is 37.3 Å². The Labute approximate surface area is 126 Å². The van der Waals surface area contributed by atoms with Crippen LogP contribution in [0.25, 0.3) is 0 Å². The van der Waals surface area contributed by atoms with Gasteiger partial charge in [0.2, 0.25) is 5.91 Å². The fourth-order valence-corrected chi connectivity index (χ4v) is 3.11. The van der Waals surface area contributed by atoms with Crippen LogP contribution < -0.4 is 5.32 Å². The van der Waals surface area contributed by atoms with Crippen LogP contribution in [0.4, 0.5) is 0 Å². The minimum Gasteiger partial charge on any atom is -0.393 e. The monoisotopic (exact) mass is 288 g/mol. The summed E-state index contributed by atoms with van der Waals surface area (Å²) in [5, 5.41) is 12.9. The molecule has 2 aliphatic rings. The minimum atomic E-state index is -0.307. The van der Waals surface area contributed by atoms with Gasteiger partial charge in [-0.2, -0.15) is 0 Å². The Balaban J connectivity index is 1.77. The molecule has 4 nitrogen and oxygen atoms in total. The van der Waals surface area contributed by atoms with Crippen molar-refractivity contribution in [1.29, 1.82) is 0 Å².